The Morgan fingerprint density at radius 1 is 1.50 bits per heavy atom. The van der Waals surface area contributed by atoms with Gasteiger partial charge in [-0.25, -0.2) is 0 Å². The minimum Gasteiger partial charge on any atom is -0.480 e. The highest BCUT2D eigenvalue weighted by Crippen LogP contribution is 2.20. The van der Waals surface area contributed by atoms with Crippen LogP contribution < -0.4 is 4.72 Å². The lowest BCUT2D eigenvalue weighted by Crippen LogP contribution is -2.54. The quantitative estimate of drug-likeness (QED) is 0.538. The normalized spacial score (nSPS) is 22.6. The Morgan fingerprint density at radius 2 is 2.20 bits per heavy atom. The number of piperidine rings is 1. The minimum absolute atomic E-state index is 0.116. The molecular weight excluding hydrogens is 288 g/mol. The Morgan fingerprint density at radius 3 is 2.75 bits per heavy atom. The minimum atomic E-state index is -3.91. The molecule has 1 fully saturated rings. The molecule has 0 aliphatic carbocycles. The summed E-state index contributed by atoms with van der Waals surface area (Å²) in [6, 6.07) is -1.61. The van der Waals surface area contributed by atoms with Crippen LogP contribution in [-0.4, -0.2) is 67.9 Å². The Bertz CT molecular complexity index is 407. The first-order valence-electron chi connectivity index (χ1n) is 6.54. The van der Waals surface area contributed by atoms with E-state index < -0.39 is 28.3 Å². The number of nitrogens with one attached hydrogen (secondary N) is 1. The molecule has 0 aromatic heterocycles. The molecule has 3 N–H and O–H groups in total. The van der Waals surface area contributed by atoms with E-state index in [1.54, 1.807) is 0 Å². The molecule has 1 aliphatic rings. The fourth-order valence-electron chi connectivity index (χ4n) is 2.25. The number of aliphatic hydroxyl groups is 1. The van der Waals surface area contributed by atoms with E-state index in [1.165, 1.54) is 7.11 Å². The molecule has 2 unspecified atom stereocenters. The number of hydrogen-bond donors (Lipinski definition) is 3. The first-order valence-corrected chi connectivity index (χ1v) is 7.98. The standard InChI is InChI=1S/C11H22N2O6S/c1-19-8-9(5-7-14)12-20(17,18)13-6-3-2-4-10(13)11(15)16/h9-10,12,14H,2-8H2,1H3,(H,15,16). The highest BCUT2D eigenvalue weighted by atomic mass is 32.2. The van der Waals surface area contributed by atoms with Crippen molar-refractivity contribution in [1.82, 2.24) is 9.03 Å². The third kappa shape index (κ3) is 4.67. The Kier molecular flexibility index (Phi) is 6.83. The summed E-state index contributed by atoms with van der Waals surface area (Å²) < 4.78 is 32.8. The molecule has 0 aromatic carbocycles. The SMILES string of the molecule is COCC(CCO)NS(=O)(=O)N1CCCCC1C(=O)O. The van der Waals surface area contributed by atoms with E-state index in [9.17, 15) is 13.2 Å². The second-order valence-corrected chi connectivity index (χ2v) is 6.40. The third-order valence-corrected chi connectivity index (χ3v) is 4.89. The lowest BCUT2D eigenvalue weighted by Gasteiger charge is -2.33. The van der Waals surface area contributed by atoms with Crippen LogP contribution in [0.1, 0.15) is 25.7 Å². The van der Waals surface area contributed by atoms with Gasteiger partial charge in [-0.15, -0.1) is 0 Å². The van der Waals surface area contributed by atoms with E-state index in [-0.39, 0.29) is 26.2 Å². The molecule has 20 heavy (non-hydrogen) atoms. The maximum Gasteiger partial charge on any atom is 0.322 e. The van der Waals surface area contributed by atoms with E-state index >= 15 is 0 Å². The summed E-state index contributed by atoms with van der Waals surface area (Å²) in [6.45, 7) is 0.120. The Labute approximate surface area is 118 Å². The maximum atomic E-state index is 12.3. The summed E-state index contributed by atoms with van der Waals surface area (Å²) >= 11 is 0. The fourth-order valence-corrected chi connectivity index (χ4v) is 3.89. The number of aliphatic carboxylic acids is 1. The first kappa shape index (κ1) is 17.3. The monoisotopic (exact) mass is 310 g/mol. The predicted octanol–water partition coefficient (Wildman–Crippen LogP) is -0.843. The van der Waals surface area contributed by atoms with Crippen LogP contribution in [0.15, 0.2) is 0 Å². The lowest BCUT2D eigenvalue weighted by molar-refractivity contribution is -0.142. The van der Waals surface area contributed by atoms with Gasteiger partial charge in [-0.3, -0.25) is 4.79 Å². The van der Waals surface area contributed by atoms with E-state index in [4.69, 9.17) is 14.9 Å². The van der Waals surface area contributed by atoms with E-state index in [1.807, 2.05) is 0 Å². The van der Waals surface area contributed by atoms with Crippen molar-refractivity contribution in [2.45, 2.75) is 37.8 Å². The van der Waals surface area contributed by atoms with Gasteiger partial charge in [0, 0.05) is 26.3 Å². The van der Waals surface area contributed by atoms with E-state index in [0.29, 0.717) is 19.3 Å². The van der Waals surface area contributed by atoms with Crippen molar-refractivity contribution >= 4 is 16.2 Å². The summed E-state index contributed by atoms with van der Waals surface area (Å²) in [5.74, 6) is -1.14. The van der Waals surface area contributed by atoms with Gasteiger partial charge in [0.05, 0.1) is 6.61 Å². The van der Waals surface area contributed by atoms with Crippen molar-refractivity contribution in [1.29, 1.82) is 0 Å². The van der Waals surface area contributed by atoms with Crippen LogP contribution in [0.4, 0.5) is 0 Å². The van der Waals surface area contributed by atoms with Gasteiger partial charge in [-0.2, -0.15) is 17.4 Å². The maximum absolute atomic E-state index is 12.3. The molecular formula is C11H22N2O6S. The molecule has 1 rings (SSSR count). The Balaban J connectivity index is 2.81. The number of rotatable bonds is 8. The highest BCUT2D eigenvalue weighted by molar-refractivity contribution is 7.87. The molecule has 1 aliphatic heterocycles. The fraction of sp³-hybridized carbons (Fsp3) is 0.909. The summed E-state index contributed by atoms with van der Waals surface area (Å²) in [5.41, 5.74) is 0. The van der Waals surface area contributed by atoms with Gasteiger partial charge in [0.25, 0.3) is 10.2 Å². The van der Waals surface area contributed by atoms with Gasteiger partial charge in [0.1, 0.15) is 6.04 Å². The largest absolute Gasteiger partial charge is 0.480 e. The summed E-state index contributed by atoms with van der Waals surface area (Å²) in [6.07, 6.45) is 1.85. The van der Waals surface area contributed by atoms with Gasteiger partial charge in [0.15, 0.2) is 0 Å². The van der Waals surface area contributed by atoms with Crippen molar-refractivity contribution < 1.29 is 28.2 Å². The topological polar surface area (TPSA) is 116 Å². The van der Waals surface area contributed by atoms with Crippen molar-refractivity contribution in [3.8, 4) is 0 Å². The predicted molar refractivity (Wildman–Crippen MR) is 71.4 cm³/mol. The second kappa shape index (κ2) is 7.89. The second-order valence-electron chi connectivity index (χ2n) is 4.75. The number of carboxylic acids is 1. The molecule has 1 saturated heterocycles. The van der Waals surface area contributed by atoms with Crippen molar-refractivity contribution in [2.75, 3.05) is 26.9 Å². The summed E-state index contributed by atoms with van der Waals surface area (Å²) in [4.78, 5) is 11.2. The molecule has 0 aromatic rings. The van der Waals surface area contributed by atoms with Crippen molar-refractivity contribution in [3.63, 3.8) is 0 Å². The number of carbonyl (C=O) groups is 1. The van der Waals surface area contributed by atoms with Crippen molar-refractivity contribution in [2.24, 2.45) is 0 Å². The smallest absolute Gasteiger partial charge is 0.322 e. The molecule has 9 heteroatoms. The van der Waals surface area contributed by atoms with Crippen molar-refractivity contribution in [3.05, 3.63) is 0 Å². The number of methoxy groups -OCH3 is 1. The van der Waals surface area contributed by atoms with E-state index in [2.05, 4.69) is 4.72 Å². The molecule has 118 valence electrons. The molecule has 0 radical (unpaired) electrons. The van der Waals surface area contributed by atoms with Gasteiger partial charge in [-0.1, -0.05) is 0 Å². The molecule has 0 saturated carbocycles. The van der Waals surface area contributed by atoms with Crippen LogP contribution in [0.5, 0.6) is 0 Å². The van der Waals surface area contributed by atoms with E-state index in [0.717, 1.165) is 4.31 Å². The summed E-state index contributed by atoms with van der Waals surface area (Å²) in [5, 5.41) is 18.0. The lowest BCUT2D eigenvalue weighted by atomic mass is 10.1. The number of ether oxygens (including phenoxy) is 1. The number of nitrogens with zero attached hydrogens (tertiary/aromatic N) is 1. The summed E-state index contributed by atoms with van der Waals surface area (Å²) in [7, 11) is -2.48. The van der Waals surface area contributed by atoms with Crippen LogP contribution in [0.25, 0.3) is 0 Å². The molecule has 8 nitrogen and oxygen atoms in total. The first-order chi connectivity index (χ1) is 9.42. The van der Waals surface area contributed by atoms with Crippen LogP contribution in [0.3, 0.4) is 0 Å². The molecule has 0 bridgehead atoms. The van der Waals surface area contributed by atoms with Crippen LogP contribution in [-0.2, 0) is 19.7 Å². The molecule has 2 atom stereocenters. The zero-order valence-corrected chi connectivity index (χ0v) is 12.3. The van der Waals surface area contributed by atoms with Crippen LogP contribution in [0, 0.1) is 0 Å². The number of aliphatic hydroxyl groups excluding tert-OH is 1. The highest BCUT2D eigenvalue weighted by Gasteiger charge is 2.37. The average molecular weight is 310 g/mol. The average Bonchev–Trinajstić information content (AvgIpc) is 2.39. The number of carboxylic acid groups (broad SMARTS) is 1. The Hall–Kier alpha value is -0.740. The molecule has 0 spiro atoms. The van der Waals surface area contributed by atoms with Crippen LogP contribution >= 0.6 is 0 Å². The van der Waals surface area contributed by atoms with Gasteiger partial charge < -0.3 is 14.9 Å². The molecule has 0 amide bonds. The van der Waals surface area contributed by atoms with Gasteiger partial charge in [-0.05, 0) is 25.7 Å². The number of hydrogen-bond acceptors (Lipinski definition) is 5. The van der Waals surface area contributed by atoms with Gasteiger partial charge in [0.2, 0.25) is 0 Å². The zero-order valence-electron chi connectivity index (χ0n) is 11.5. The third-order valence-electron chi connectivity index (χ3n) is 3.21. The van der Waals surface area contributed by atoms with Crippen LogP contribution in [0.2, 0.25) is 0 Å². The zero-order chi connectivity index (χ0) is 15.2. The molecule has 1 heterocycles. The van der Waals surface area contributed by atoms with Gasteiger partial charge >= 0.3 is 5.97 Å².